The standard InChI is InChI=1S/C25H26O6/c26-19(12-11-17-7-3-1-4-8-17)13-14-20-21(15-24(28)29)22(27)16-23(20)31-25(30)18-9-5-2-6-10-18/h1-10,13-14,20-23,27H,11-12,15-16H2,(H,28,29)/t20-,21+,22-,23+/m1/s1. The predicted octanol–water partition coefficient (Wildman–Crippen LogP) is 3.44. The molecule has 162 valence electrons. The Labute approximate surface area is 181 Å². The van der Waals surface area contributed by atoms with Gasteiger partial charge in [0, 0.05) is 24.7 Å². The van der Waals surface area contributed by atoms with Crippen LogP contribution in [0.3, 0.4) is 0 Å². The smallest absolute Gasteiger partial charge is 0.338 e. The highest BCUT2D eigenvalue weighted by Gasteiger charge is 2.44. The van der Waals surface area contributed by atoms with Gasteiger partial charge in [-0.05, 0) is 30.2 Å². The summed E-state index contributed by atoms with van der Waals surface area (Å²) in [5, 5.41) is 19.6. The van der Waals surface area contributed by atoms with E-state index in [2.05, 4.69) is 0 Å². The molecule has 0 radical (unpaired) electrons. The van der Waals surface area contributed by atoms with Crippen molar-refractivity contribution in [2.45, 2.75) is 37.9 Å². The number of carbonyl (C=O) groups excluding carboxylic acids is 2. The molecule has 1 fully saturated rings. The Morgan fingerprint density at radius 3 is 2.29 bits per heavy atom. The summed E-state index contributed by atoms with van der Waals surface area (Å²) in [4.78, 5) is 36.1. The van der Waals surface area contributed by atoms with Crippen LogP contribution in [0.2, 0.25) is 0 Å². The quantitative estimate of drug-likeness (QED) is 0.474. The third kappa shape index (κ3) is 6.36. The number of allylic oxidation sites excluding steroid dienone is 1. The van der Waals surface area contributed by atoms with Crippen LogP contribution in [-0.4, -0.2) is 40.1 Å². The number of aliphatic hydroxyl groups is 1. The van der Waals surface area contributed by atoms with E-state index in [9.17, 15) is 24.6 Å². The maximum Gasteiger partial charge on any atom is 0.338 e. The van der Waals surface area contributed by atoms with Gasteiger partial charge >= 0.3 is 11.9 Å². The zero-order valence-electron chi connectivity index (χ0n) is 17.1. The van der Waals surface area contributed by atoms with Crippen molar-refractivity contribution in [2.75, 3.05) is 0 Å². The van der Waals surface area contributed by atoms with Gasteiger partial charge in [0.1, 0.15) is 6.10 Å². The number of hydrogen-bond acceptors (Lipinski definition) is 5. The highest BCUT2D eigenvalue weighted by atomic mass is 16.5. The molecule has 6 heteroatoms. The number of aliphatic hydroxyl groups excluding tert-OH is 1. The fraction of sp³-hybridized carbons (Fsp3) is 0.320. The Balaban J connectivity index is 1.69. The lowest BCUT2D eigenvalue weighted by molar-refractivity contribution is -0.139. The summed E-state index contributed by atoms with van der Waals surface area (Å²) in [6.45, 7) is 0. The van der Waals surface area contributed by atoms with Gasteiger partial charge in [-0.25, -0.2) is 4.79 Å². The van der Waals surface area contributed by atoms with Crippen molar-refractivity contribution in [3.8, 4) is 0 Å². The first kappa shape index (κ1) is 22.4. The van der Waals surface area contributed by atoms with Crippen LogP contribution in [-0.2, 0) is 20.7 Å². The number of hydrogen-bond donors (Lipinski definition) is 2. The monoisotopic (exact) mass is 422 g/mol. The molecule has 0 saturated heterocycles. The highest BCUT2D eigenvalue weighted by molar-refractivity contribution is 5.90. The van der Waals surface area contributed by atoms with E-state index in [0.29, 0.717) is 18.4 Å². The van der Waals surface area contributed by atoms with E-state index in [1.165, 1.54) is 6.08 Å². The molecule has 0 aromatic heterocycles. The van der Waals surface area contributed by atoms with E-state index in [1.807, 2.05) is 30.3 Å². The lowest BCUT2D eigenvalue weighted by atomic mass is 9.89. The van der Waals surface area contributed by atoms with Crippen LogP contribution >= 0.6 is 0 Å². The van der Waals surface area contributed by atoms with Crippen LogP contribution in [0, 0.1) is 11.8 Å². The minimum absolute atomic E-state index is 0.104. The normalized spacial score (nSPS) is 23.0. The second-order valence-corrected chi connectivity index (χ2v) is 7.76. The van der Waals surface area contributed by atoms with E-state index in [-0.39, 0.29) is 18.6 Å². The van der Waals surface area contributed by atoms with Crippen LogP contribution in [0.1, 0.15) is 35.2 Å². The number of aryl methyl sites for hydroxylation is 1. The second-order valence-electron chi connectivity index (χ2n) is 7.76. The van der Waals surface area contributed by atoms with Gasteiger partial charge in [0.15, 0.2) is 5.78 Å². The maximum atomic E-state index is 12.5. The summed E-state index contributed by atoms with van der Waals surface area (Å²) in [7, 11) is 0. The van der Waals surface area contributed by atoms with Gasteiger partial charge in [-0.2, -0.15) is 0 Å². The van der Waals surface area contributed by atoms with Gasteiger partial charge in [0.25, 0.3) is 0 Å². The molecule has 0 bridgehead atoms. The molecule has 0 spiro atoms. The molecule has 2 N–H and O–H groups in total. The summed E-state index contributed by atoms with van der Waals surface area (Å²) in [5.74, 6) is -2.88. The van der Waals surface area contributed by atoms with Gasteiger partial charge in [-0.15, -0.1) is 0 Å². The molecule has 2 aromatic rings. The summed E-state index contributed by atoms with van der Waals surface area (Å²) in [6.07, 6.45) is 2.15. The van der Waals surface area contributed by atoms with Gasteiger partial charge in [-0.1, -0.05) is 54.6 Å². The van der Waals surface area contributed by atoms with E-state index in [4.69, 9.17) is 4.74 Å². The van der Waals surface area contributed by atoms with E-state index in [0.717, 1.165) is 5.56 Å². The Hall–Kier alpha value is -3.25. The van der Waals surface area contributed by atoms with Gasteiger partial charge in [0.05, 0.1) is 18.1 Å². The van der Waals surface area contributed by atoms with Gasteiger partial charge < -0.3 is 14.9 Å². The first-order chi connectivity index (χ1) is 14.9. The molecule has 2 aromatic carbocycles. The number of aliphatic carboxylic acids is 1. The van der Waals surface area contributed by atoms with Crippen LogP contribution in [0.15, 0.2) is 72.8 Å². The van der Waals surface area contributed by atoms with Crippen LogP contribution in [0.5, 0.6) is 0 Å². The molecular weight excluding hydrogens is 396 g/mol. The molecular formula is C25H26O6. The van der Waals surface area contributed by atoms with Crippen molar-refractivity contribution in [3.63, 3.8) is 0 Å². The van der Waals surface area contributed by atoms with E-state index in [1.54, 1.807) is 36.4 Å². The minimum Gasteiger partial charge on any atom is -0.481 e. The number of ketones is 1. The molecule has 0 aliphatic heterocycles. The Morgan fingerprint density at radius 2 is 1.65 bits per heavy atom. The van der Waals surface area contributed by atoms with Crippen LogP contribution in [0.4, 0.5) is 0 Å². The van der Waals surface area contributed by atoms with Crippen molar-refractivity contribution in [3.05, 3.63) is 83.9 Å². The summed E-state index contributed by atoms with van der Waals surface area (Å²) >= 11 is 0. The van der Waals surface area contributed by atoms with Gasteiger partial charge in [-0.3, -0.25) is 9.59 Å². The molecule has 31 heavy (non-hydrogen) atoms. The van der Waals surface area contributed by atoms with Crippen LogP contribution in [0.25, 0.3) is 0 Å². The predicted molar refractivity (Wildman–Crippen MR) is 114 cm³/mol. The molecule has 0 amide bonds. The third-order valence-electron chi connectivity index (χ3n) is 5.58. The average molecular weight is 422 g/mol. The fourth-order valence-electron chi connectivity index (χ4n) is 3.96. The number of carboxylic acids is 1. The number of carboxylic acid groups (broad SMARTS) is 1. The van der Waals surface area contributed by atoms with Crippen molar-refractivity contribution in [2.24, 2.45) is 11.8 Å². The zero-order valence-corrected chi connectivity index (χ0v) is 17.1. The molecule has 0 heterocycles. The molecule has 3 rings (SSSR count). The van der Waals surface area contributed by atoms with E-state index < -0.39 is 36.0 Å². The molecule has 1 aliphatic rings. The van der Waals surface area contributed by atoms with Crippen molar-refractivity contribution < 1.29 is 29.3 Å². The van der Waals surface area contributed by atoms with E-state index >= 15 is 0 Å². The first-order valence-corrected chi connectivity index (χ1v) is 10.3. The summed E-state index contributed by atoms with van der Waals surface area (Å²) in [5.41, 5.74) is 1.43. The molecule has 1 saturated carbocycles. The number of benzene rings is 2. The van der Waals surface area contributed by atoms with Crippen molar-refractivity contribution >= 4 is 17.7 Å². The fourth-order valence-corrected chi connectivity index (χ4v) is 3.96. The highest BCUT2D eigenvalue weighted by Crippen LogP contribution is 2.38. The number of carbonyl (C=O) groups is 3. The van der Waals surface area contributed by atoms with Crippen molar-refractivity contribution in [1.82, 2.24) is 0 Å². The average Bonchev–Trinajstić information content (AvgIpc) is 3.05. The Bertz CT molecular complexity index is 922. The number of ether oxygens (including phenoxy) is 1. The molecule has 6 nitrogen and oxygen atoms in total. The Morgan fingerprint density at radius 1 is 1.00 bits per heavy atom. The summed E-state index contributed by atoms with van der Waals surface area (Å²) < 4.78 is 5.60. The molecule has 1 aliphatic carbocycles. The zero-order chi connectivity index (χ0) is 22.2. The number of esters is 1. The molecule has 0 unspecified atom stereocenters. The number of rotatable bonds is 9. The minimum atomic E-state index is -1.05. The lowest BCUT2D eigenvalue weighted by Crippen LogP contribution is -2.26. The van der Waals surface area contributed by atoms with Crippen molar-refractivity contribution in [1.29, 1.82) is 0 Å². The second kappa shape index (κ2) is 10.7. The maximum absolute atomic E-state index is 12.5. The van der Waals surface area contributed by atoms with Crippen LogP contribution < -0.4 is 0 Å². The summed E-state index contributed by atoms with van der Waals surface area (Å²) in [6, 6.07) is 18.1. The lowest BCUT2D eigenvalue weighted by Gasteiger charge is -2.21. The topological polar surface area (TPSA) is 101 Å². The molecule has 4 atom stereocenters. The van der Waals surface area contributed by atoms with Gasteiger partial charge in [0.2, 0.25) is 0 Å². The Kier molecular flexibility index (Phi) is 7.73. The third-order valence-corrected chi connectivity index (χ3v) is 5.58. The largest absolute Gasteiger partial charge is 0.481 e. The first-order valence-electron chi connectivity index (χ1n) is 10.3. The SMILES string of the molecule is O=C(O)C[C@H]1[C@@H](C=CC(=O)CCc2ccccc2)[C@@H](OC(=O)c2ccccc2)C[C@H]1O.